The highest BCUT2D eigenvalue weighted by molar-refractivity contribution is 6.00. The van der Waals surface area contributed by atoms with Crippen molar-refractivity contribution >= 4 is 17.5 Å². The summed E-state index contributed by atoms with van der Waals surface area (Å²) in [4.78, 5) is 26.3. The maximum absolute atomic E-state index is 12.4. The predicted octanol–water partition coefficient (Wildman–Crippen LogP) is 2.67. The summed E-state index contributed by atoms with van der Waals surface area (Å²) in [5.41, 5.74) is 2.99. The average Bonchev–Trinajstić information content (AvgIpc) is 3.02. The summed E-state index contributed by atoms with van der Waals surface area (Å²) in [5, 5.41) is 2.92. The van der Waals surface area contributed by atoms with Crippen LogP contribution in [0.1, 0.15) is 17.5 Å². The van der Waals surface area contributed by atoms with Gasteiger partial charge in [0.25, 0.3) is 0 Å². The highest BCUT2D eigenvalue weighted by atomic mass is 16.5. The zero-order chi connectivity index (χ0) is 17.8. The Labute approximate surface area is 147 Å². The fraction of sp³-hybridized carbons (Fsp3) is 0.300. The Morgan fingerprint density at radius 1 is 1.16 bits per heavy atom. The quantitative estimate of drug-likeness (QED) is 0.912. The van der Waals surface area contributed by atoms with Crippen LogP contribution in [0.15, 0.2) is 48.5 Å². The molecule has 1 atom stereocenters. The number of amides is 2. The lowest BCUT2D eigenvalue weighted by atomic mass is 10.1. The molecule has 3 rings (SSSR count). The van der Waals surface area contributed by atoms with Crippen LogP contribution in [0, 0.1) is 12.8 Å². The molecule has 5 heteroatoms. The lowest BCUT2D eigenvalue weighted by molar-refractivity contribution is -0.126. The van der Waals surface area contributed by atoms with Crippen LogP contribution in [0.25, 0.3) is 0 Å². The molecule has 1 unspecified atom stereocenters. The number of aryl methyl sites for hydroxylation is 1. The normalized spacial score (nSPS) is 16.8. The van der Waals surface area contributed by atoms with Gasteiger partial charge in [0, 0.05) is 25.2 Å². The molecule has 0 radical (unpaired) electrons. The van der Waals surface area contributed by atoms with Gasteiger partial charge >= 0.3 is 0 Å². The smallest absolute Gasteiger partial charge is 0.227 e. The van der Waals surface area contributed by atoms with E-state index in [0.717, 1.165) is 22.6 Å². The number of methoxy groups -OCH3 is 1. The summed E-state index contributed by atoms with van der Waals surface area (Å²) in [7, 11) is 1.62. The molecule has 1 fully saturated rings. The summed E-state index contributed by atoms with van der Waals surface area (Å²) < 4.78 is 5.12. The van der Waals surface area contributed by atoms with Gasteiger partial charge in [0.2, 0.25) is 11.8 Å². The van der Waals surface area contributed by atoms with Crippen molar-refractivity contribution in [3.05, 3.63) is 59.7 Å². The third-order valence-corrected chi connectivity index (χ3v) is 4.47. The zero-order valence-electron chi connectivity index (χ0n) is 14.5. The third-order valence-electron chi connectivity index (χ3n) is 4.47. The summed E-state index contributed by atoms with van der Waals surface area (Å²) in [6, 6.07) is 15.3. The van der Waals surface area contributed by atoms with Crippen molar-refractivity contribution < 1.29 is 14.3 Å². The molecule has 25 heavy (non-hydrogen) atoms. The topological polar surface area (TPSA) is 58.6 Å². The maximum Gasteiger partial charge on any atom is 0.227 e. The van der Waals surface area contributed by atoms with Gasteiger partial charge in [-0.15, -0.1) is 0 Å². The van der Waals surface area contributed by atoms with Gasteiger partial charge in [-0.05, 0) is 36.8 Å². The van der Waals surface area contributed by atoms with E-state index >= 15 is 0 Å². The molecular formula is C20H22N2O3. The molecule has 130 valence electrons. The number of nitrogens with one attached hydrogen (secondary N) is 1. The first kappa shape index (κ1) is 17.0. The zero-order valence-corrected chi connectivity index (χ0v) is 14.5. The van der Waals surface area contributed by atoms with Gasteiger partial charge in [0.05, 0.1) is 13.0 Å². The molecule has 5 nitrogen and oxygen atoms in total. The number of nitrogens with zero attached hydrogens (tertiary/aromatic N) is 1. The van der Waals surface area contributed by atoms with Crippen molar-refractivity contribution in [2.45, 2.75) is 19.9 Å². The largest absolute Gasteiger partial charge is 0.497 e. The van der Waals surface area contributed by atoms with Crippen LogP contribution < -0.4 is 15.0 Å². The van der Waals surface area contributed by atoms with E-state index in [-0.39, 0.29) is 24.2 Å². The van der Waals surface area contributed by atoms with Crippen molar-refractivity contribution in [1.29, 1.82) is 0 Å². The molecule has 2 aromatic carbocycles. The molecule has 1 heterocycles. The summed E-state index contributed by atoms with van der Waals surface area (Å²) in [6.45, 7) is 2.87. The van der Waals surface area contributed by atoms with E-state index < -0.39 is 0 Å². The van der Waals surface area contributed by atoms with Gasteiger partial charge in [0.15, 0.2) is 0 Å². The van der Waals surface area contributed by atoms with Crippen LogP contribution >= 0.6 is 0 Å². The molecule has 2 amide bonds. The SMILES string of the molecule is COc1ccc(CNC(=O)C2CC(=O)N(c3ccc(C)cc3)C2)cc1. The first-order valence-corrected chi connectivity index (χ1v) is 8.34. The lowest BCUT2D eigenvalue weighted by Crippen LogP contribution is -2.32. The van der Waals surface area contributed by atoms with E-state index in [2.05, 4.69) is 5.32 Å². The van der Waals surface area contributed by atoms with Crippen molar-refractivity contribution in [3.63, 3.8) is 0 Å². The molecule has 1 aliphatic heterocycles. The number of rotatable bonds is 5. The molecule has 1 N–H and O–H groups in total. The summed E-state index contributed by atoms with van der Waals surface area (Å²) in [6.07, 6.45) is 0.252. The Morgan fingerprint density at radius 2 is 1.84 bits per heavy atom. The minimum atomic E-state index is -0.313. The molecule has 0 aromatic heterocycles. The Bertz CT molecular complexity index is 754. The molecule has 0 saturated carbocycles. The minimum Gasteiger partial charge on any atom is -0.497 e. The van der Waals surface area contributed by atoms with Crippen molar-refractivity contribution in [3.8, 4) is 5.75 Å². The lowest BCUT2D eigenvalue weighted by Gasteiger charge is -2.17. The van der Waals surface area contributed by atoms with Crippen molar-refractivity contribution in [2.75, 3.05) is 18.6 Å². The Kier molecular flexibility index (Phi) is 5.03. The Hall–Kier alpha value is -2.82. The molecule has 0 spiro atoms. The van der Waals surface area contributed by atoms with Crippen LogP contribution in [0.3, 0.4) is 0 Å². The van der Waals surface area contributed by atoms with E-state index in [1.807, 2.05) is 55.5 Å². The molecular weight excluding hydrogens is 316 g/mol. The number of hydrogen-bond acceptors (Lipinski definition) is 3. The fourth-order valence-electron chi connectivity index (χ4n) is 2.93. The molecule has 0 bridgehead atoms. The summed E-state index contributed by atoms with van der Waals surface area (Å²) >= 11 is 0. The Morgan fingerprint density at radius 3 is 2.48 bits per heavy atom. The van der Waals surface area contributed by atoms with Crippen LogP contribution in [0.2, 0.25) is 0 Å². The summed E-state index contributed by atoms with van der Waals surface area (Å²) in [5.74, 6) is 0.379. The van der Waals surface area contributed by atoms with E-state index in [0.29, 0.717) is 13.1 Å². The number of carbonyl (C=O) groups is 2. The average molecular weight is 338 g/mol. The second-order valence-electron chi connectivity index (χ2n) is 6.31. The minimum absolute atomic E-state index is 0.00606. The standard InChI is InChI=1S/C20H22N2O3/c1-14-3-7-17(8-4-14)22-13-16(11-19(22)23)20(24)21-12-15-5-9-18(25-2)10-6-15/h3-10,16H,11-13H2,1-2H3,(H,21,24). The van der Waals surface area contributed by atoms with Crippen LogP contribution in [0.5, 0.6) is 5.75 Å². The highest BCUT2D eigenvalue weighted by Gasteiger charge is 2.34. The van der Waals surface area contributed by atoms with E-state index in [9.17, 15) is 9.59 Å². The van der Waals surface area contributed by atoms with Gasteiger partial charge < -0.3 is 15.0 Å². The number of hydrogen-bond donors (Lipinski definition) is 1. The van der Waals surface area contributed by atoms with Crippen LogP contribution in [0.4, 0.5) is 5.69 Å². The highest BCUT2D eigenvalue weighted by Crippen LogP contribution is 2.25. The van der Waals surface area contributed by atoms with Gasteiger partial charge in [0.1, 0.15) is 5.75 Å². The molecule has 1 aliphatic rings. The van der Waals surface area contributed by atoms with E-state index in [1.54, 1.807) is 12.0 Å². The van der Waals surface area contributed by atoms with Gasteiger partial charge in [-0.25, -0.2) is 0 Å². The second-order valence-corrected chi connectivity index (χ2v) is 6.31. The first-order chi connectivity index (χ1) is 12.1. The molecule has 1 saturated heterocycles. The number of anilines is 1. The number of ether oxygens (including phenoxy) is 1. The fourth-order valence-corrected chi connectivity index (χ4v) is 2.93. The van der Waals surface area contributed by atoms with Crippen molar-refractivity contribution in [1.82, 2.24) is 5.32 Å². The second kappa shape index (κ2) is 7.38. The third kappa shape index (κ3) is 3.99. The van der Waals surface area contributed by atoms with Gasteiger partial charge in [-0.1, -0.05) is 29.8 Å². The molecule has 0 aliphatic carbocycles. The van der Waals surface area contributed by atoms with E-state index in [1.165, 1.54) is 0 Å². The van der Waals surface area contributed by atoms with Gasteiger partial charge in [-0.2, -0.15) is 0 Å². The Balaban J connectivity index is 1.57. The number of carbonyl (C=O) groups excluding carboxylic acids is 2. The van der Waals surface area contributed by atoms with E-state index in [4.69, 9.17) is 4.74 Å². The number of benzene rings is 2. The maximum atomic E-state index is 12.4. The first-order valence-electron chi connectivity index (χ1n) is 8.34. The van der Waals surface area contributed by atoms with Crippen LogP contribution in [-0.4, -0.2) is 25.5 Å². The van der Waals surface area contributed by atoms with Crippen molar-refractivity contribution in [2.24, 2.45) is 5.92 Å². The van der Waals surface area contributed by atoms with Crippen LogP contribution in [-0.2, 0) is 16.1 Å². The monoisotopic (exact) mass is 338 g/mol. The van der Waals surface area contributed by atoms with Gasteiger partial charge in [-0.3, -0.25) is 9.59 Å². The predicted molar refractivity (Wildman–Crippen MR) is 96.5 cm³/mol. The molecule has 2 aromatic rings.